The number of pyridine rings is 1. The van der Waals surface area contributed by atoms with Gasteiger partial charge in [-0.15, -0.1) is 0 Å². The number of amides is 1. The summed E-state index contributed by atoms with van der Waals surface area (Å²) in [5, 5.41) is 9.42. The second-order valence-electron chi connectivity index (χ2n) is 3.58. The average Bonchev–Trinajstić information content (AvgIpc) is 2.40. The first-order chi connectivity index (χ1) is 8.77. The van der Waals surface area contributed by atoms with Crippen LogP contribution in [-0.2, 0) is 11.4 Å². The fourth-order valence-corrected chi connectivity index (χ4v) is 1.38. The summed E-state index contributed by atoms with van der Waals surface area (Å²) >= 11 is 0. The standard InChI is InChI=1S/C13H12N2O3/c16-11-7-4-8-14-12(11)13(17)15-18-9-10-5-2-1-3-6-10/h1-8,16H,9H2,(H,15,17). The van der Waals surface area contributed by atoms with Crippen LogP contribution in [0.3, 0.4) is 0 Å². The molecule has 0 spiro atoms. The first kappa shape index (κ1) is 12.1. The Hall–Kier alpha value is -2.40. The number of nitrogens with zero attached hydrogens (tertiary/aromatic N) is 1. The minimum Gasteiger partial charge on any atom is -0.505 e. The van der Waals surface area contributed by atoms with Crippen molar-refractivity contribution < 1.29 is 14.7 Å². The first-order valence-electron chi connectivity index (χ1n) is 5.37. The molecule has 1 aromatic carbocycles. The van der Waals surface area contributed by atoms with Gasteiger partial charge in [0.15, 0.2) is 5.69 Å². The highest BCUT2D eigenvalue weighted by molar-refractivity contribution is 5.93. The summed E-state index contributed by atoms with van der Waals surface area (Å²) in [5.41, 5.74) is 3.10. The van der Waals surface area contributed by atoms with Crippen molar-refractivity contribution in [2.45, 2.75) is 6.61 Å². The van der Waals surface area contributed by atoms with E-state index >= 15 is 0 Å². The Morgan fingerprint density at radius 3 is 2.72 bits per heavy atom. The first-order valence-corrected chi connectivity index (χ1v) is 5.37. The number of hydrogen-bond acceptors (Lipinski definition) is 4. The average molecular weight is 244 g/mol. The van der Waals surface area contributed by atoms with Crippen molar-refractivity contribution in [3.05, 3.63) is 59.9 Å². The molecule has 2 rings (SSSR count). The Labute approximate surface area is 104 Å². The predicted octanol–water partition coefficient (Wildman–Crippen LogP) is 1.65. The van der Waals surface area contributed by atoms with Gasteiger partial charge in [-0.05, 0) is 17.7 Å². The summed E-state index contributed by atoms with van der Waals surface area (Å²) in [7, 11) is 0. The van der Waals surface area contributed by atoms with Crippen LogP contribution in [0.25, 0.3) is 0 Å². The topological polar surface area (TPSA) is 71.5 Å². The normalized spacial score (nSPS) is 10.0. The quantitative estimate of drug-likeness (QED) is 0.802. The largest absolute Gasteiger partial charge is 0.505 e. The summed E-state index contributed by atoms with van der Waals surface area (Å²) in [6.07, 6.45) is 1.42. The van der Waals surface area contributed by atoms with Gasteiger partial charge in [0.25, 0.3) is 5.91 Å². The van der Waals surface area contributed by atoms with E-state index < -0.39 is 5.91 Å². The number of aromatic nitrogens is 1. The molecule has 0 saturated carbocycles. The van der Waals surface area contributed by atoms with E-state index in [1.165, 1.54) is 18.3 Å². The van der Waals surface area contributed by atoms with E-state index in [2.05, 4.69) is 10.5 Å². The zero-order valence-electron chi connectivity index (χ0n) is 9.54. The third-order valence-corrected chi connectivity index (χ3v) is 2.25. The SMILES string of the molecule is O=C(NOCc1ccccc1)c1ncccc1O. The molecule has 5 heteroatoms. The van der Waals surface area contributed by atoms with Gasteiger partial charge in [-0.3, -0.25) is 9.63 Å². The zero-order chi connectivity index (χ0) is 12.8. The number of rotatable bonds is 4. The van der Waals surface area contributed by atoms with Crippen LogP contribution in [0, 0.1) is 0 Å². The van der Waals surface area contributed by atoms with Crippen molar-refractivity contribution in [1.82, 2.24) is 10.5 Å². The van der Waals surface area contributed by atoms with E-state index in [0.717, 1.165) is 5.56 Å². The van der Waals surface area contributed by atoms with Crippen LogP contribution in [0.4, 0.5) is 0 Å². The molecular formula is C13H12N2O3. The number of carbonyl (C=O) groups excluding carboxylic acids is 1. The van der Waals surface area contributed by atoms with Crippen LogP contribution in [-0.4, -0.2) is 16.0 Å². The molecule has 0 aliphatic rings. The van der Waals surface area contributed by atoms with Crippen molar-refractivity contribution in [1.29, 1.82) is 0 Å². The molecule has 92 valence electrons. The van der Waals surface area contributed by atoms with E-state index in [0.29, 0.717) is 0 Å². The summed E-state index contributed by atoms with van der Waals surface area (Å²) in [6, 6.07) is 12.3. The van der Waals surface area contributed by atoms with Crippen molar-refractivity contribution >= 4 is 5.91 Å². The van der Waals surface area contributed by atoms with E-state index in [9.17, 15) is 9.90 Å². The zero-order valence-corrected chi connectivity index (χ0v) is 9.54. The smallest absolute Gasteiger partial charge is 0.297 e. The van der Waals surface area contributed by atoms with Crippen LogP contribution >= 0.6 is 0 Å². The number of hydroxylamine groups is 1. The lowest BCUT2D eigenvalue weighted by Gasteiger charge is -2.06. The summed E-state index contributed by atoms with van der Waals surface area (Å²) in [6.45, 7) is 0.250. The van der Waals surface area contributed by atoms with Gasteiger partial charge < -0.3 is 5.11 Å². The number of aromatic hydroxyl groups is 1. The lowest BCUT2D eigenvalue weighted by Crippen LogP contribution is -2.24. The predicted molar refractivity (Wildman–Crippen MR) is 64.6 cm³/mol. The van der Waals surface area contributed by atoms with Crippen molar-refractivity contribution in [2.75, 3.05) is 0 Å². The maximum Gasteiger partial charge on any atom is 0.297 e. The lowest BCUT2D eigenvalue weighted by molar-refractivity contribution is 0.0227. The van der Waals surface area contributed by atoms with Crippen molar-refractivity contribution in [3.8, 4) is 5.75 Å². The molecule has 1 heterocycles. The van der Waals surface area contributed by atoms with Crippen LogP contribution in [0.5, 0.6) is 5.75 Å². The van der Waals surface area contributed by atoms with Crippen molar-refractivity contribution in [3.63, 3.8) is 0 Å². The molecular weight excluding hydrogens is 232 g/mol. The number of nitrogens with one attached hydrogen (secondary N) is 1. The molecule has 2 aromatic rings. The highest BCUT2D eigenvalue weighted by Gasteiger charge is 2.11. The Bertz CT molecular complexity index is 529. The molecule has 0 fully saturated rings. The van der Waals surface area contributed by atoms with Gasteiger partial charge in [0.2, 0.25) is 0 Å². The second-order valence-corrected chi connectivity index (χ2v) is 3.58. The Morgan fingerprint density at radius 2 is 2.00 bits per heavy atom. The highest BCUT2D eigenvalue weighted by Crippen LogP contribution is 2.11. The molecule has 0 aliphatic heterocycles. The van der Waals surface area contributed by atoms with Crippen LogP contribution in [0.15, 0.2) is 48.7 Å². The summed E-state index contributed by atoms with van der Waals surface area (Å²) < 4.78 is 0. The van der Waals surface area contributed by atoms with Gasteiger partial charge in [0.1, 0.15) is 5.75 Å². The third kappa shape index (κ3) is 3.05. The van der Waals surface area contributed by atoms with E-state index in [-0.39, 0.29) is 18.1 Å². The minimum absolute atomic E-state index is 0.0643. The van der Waals surface area contributed by atoms with E-state index in [1.807, 2.05) is 30.3 Å². The fourth-order valence-electron chi connectivity index (χ4n) is 1.38. The van der Waals surface area contributed by atoms with E-state index in [4.69, 9.17) is 4.84 Å². The van der Waals surface area contributed by atoms with Gasteiger partial charge in [0, 0.05) is 6.20 Å². The Kier molecular flexibility index (Phi) is 3.88. The third-order valence-electron chi connectivity index (χ3n) is 2.25. The molecule has 0 aliphatic carbocycles. The van der Waals surface area contributed by atoms with Crippen molar-refractivity contribution in [2.24, 2.45) is 0 Å². The molecule has 1 aromatic heterocycles. The highest BCUT2D eigenvalue weighted by atomic mass is 16.6. The maximum absolute atomic E-state index is 11.6. The number of benzene rings is 1. The fraction of sp³-hybridized carbons (Fsp3) is 0.0769. The maximum atomic E-state index is 11.6. The molecule has 0 atom stereocenters. The monoisotopic (exact) mass is 244 g/mol. The molecule has 5 nitrogen and oxygen atoms in total. The van der Waals surface area contributed by atoms with Crippen LogP contribution in [0.1, 0.15) is 16.1 Å². The lowest BCUT2D eigenvalue weighted by atomic mass is 10.2. The van der Waals surface area contributed by atoms with Crippen LogP contribution < -0.4 is 5.48 Å². The van der Waals surface area contributed by atoms with Gasteiger partial charge in [0.05, 0.1) is 6.61 Å². The number of hydrogen-bond donors (Lipinski definition) is 2. The molecule has 1 amide bonds. The molecule has 18 heavy (non-hydrogen) atoms. The van der Waals surface area contributed by atoms with E-state index in [1.54, 1.807) is 0 Å². The second kappa shape index (κ2) is 5.79. The number of carbonyl (C=O) groups is 1. The summed E-state index contributed by atoms with van der Waals surface area (Å²) in [5.74, 6) is -0.762. The molecule has 2 N–H and O–H groups in total. The molecule has 0 unspecified atom stereocenters. The van der Waals surface area contributed by atoms with Gasteiger partial charge in [-0.1, -0.05) is 30.3 Å². The molecule has 0 bridgehead atoms. The Morgan fingerprint density at radius 1 is 1.22 bits per heavy atom. The van der Waals surface area contributed by atoms with Crippen LogP contribution in [0.2, 0.25) is 0 Å². The molecule has 0 radical (unpaired) electrons. The Balaban J connectivity index is 1.88. The van der Waals surface area contributed by atoms with Gasteiger partial charge in [-0.25, -0.2) is 10.5 Å². The minimum atomic E-state index is -0.580. The van der Waals surface area contributed by atoms with Gasteiger partial charge in [-0.2, -0.15) is 0 Å². The molecule has 0 saturated heterocycles. The summed E-state index contributed by atoms with van der Waals surface area (Å²) in [4.78, 5) is 20.4. The van der Waals surface area contributed by atoms with Gasteiger partial charge >= 0.3 is 0 Å².